The average molecular weight is 312 g/mol. The van der Waals surface area contributed by atoms with Crippen molar-refractivity contribution in [2.24, 2.45) is 5.16 Å². The van der Waals surface area contributed by atoms with E-state index >= 15 is 0 Å². The maximum atomic E-state index is 12.0. The van der Waals surface area contributed by atoms with Crippen LogP contribution < -0.4 is 4.90 Å². The van der Waals surface area contributed by atoms with Crippen LogP contribution in [-0.2, 0) is 9.63 Å². The van der Waals surface area contributed by atoms with Gasteiger partial charge in [0, 0.05) is 24.5 Å². The van der Waals surface area contributed by atoms with Crippen molar-refractivity contribution >= 4 is 34.1 Å². The summed E-state index contributed by atoms with van der Waals surface area (Å²) < 4.78 is 0. The van der Waals surface area contributed by atoms with E-state index in [0.29, 0.717) is 11.3 Å². The molecule has 2 aromatic rings. The van der Waals surface area contributed by atoms with Crippen LogP contribution in [0.5, 0.6) is 0 Å². The Morgan fingerprint density at radius 3 is 2.59 bits per heavy atom. The lowest BCUT2D eigenvalue weighted by Gasteiger charge is -2.06. The standard InChI is InChI=1S/C17H16N2O2S/c1-11-9-15(19(2)3)22-14(11)10-13-16(18-21-17(13)20)12-7-5-4-6-8-12/h4-10H,1-3H3/b13-10+. The Bertz CT molecular complexity index is 773. The molecule has 112 valence electrons. The van der Waals surface area contributed by atoms with Crippen LogP contribution >= 0.6 is 11.3 Å². The minimum Gasteiger partial charge on any atom is -0.370 e. The van der Waals surface area contributed by atoms with Gasteiger partial charge in [-0.2, -0.15) is 0 Å². The number of anilines is 1. The first-order valence-corrected chi connectivity index (χ1v) is 7.72. The highest BCUT2D eigenvalue weighted by Crippen LogP contribution is 2.31. The Kier molecular flexibility index (Phi) is 3.81. The second-order valence-electron chi connectivity index (χ2n) is 5.27. The fourth-order valence-electron chi connectivity index (χ4n) is 2.19. The van der Waals surface area contributed by atoms with Crippen LogP contribution in [0.2, 0.25) is 0 Å². The van der Waals surface area contributed by atoms with Crippen molar-refractivity contribution in [1.82, 2.24) is 0 Å². The molecule has 0 aliphatic carbocycles. The van der Waals surface area contributed by atoms with Gasteiger partial charge in [0.25, 0.3) is 0 Å². The Hall–Kier alpha value is -2.40. The molecule has 0 radical (unpaired) electrons. The van der Waals surface area contributed by atoms with Gasteiger partial charge < -0.3 is 9.74 Å². The Labute approximate surface area is 133 Å². The van der Waals surface area contributed by atoms with E-state index in [4.69, 9.17) is 4.84 Å². The van der Waals surface area contributed by atoms with Crippen molar-refractivity contribution in [2.45, 2.75) is 6.92 Å². The maximum Gasteiger partial charge on any atom is 0.368 e. The highest BCUT2D eigenvalue weighted by Gasteiger charge is 2.27. The predicted molar refractivity (Wildman–Crippen MR) is 90.4 cm³/mol. The monoisotopic (exact) mass is 312 g/mol. The second-order valence-corrected chi connectivity index (χ2v) is 6.33. The Morgan fingerprint density at radius 2 is 1.95 bits per heavy atom. The van der Waals surface area contributed by atoms with Gasteiger partial charge >= 0.3 is 5.97 Å². The maximum absolute atomic E-state index is 12.0. The van der Waals surface area contributed by atoms with Crippen LogP contribution in [-0.4, -0.2) is 25.8 Å². The summed E-state index contributed by atoms with van der Waals surface area (Å²) in [5, 5.41) is 5.08. The normalized spacial score (nSPS) is 15.9. The van der Waals surface area contributed by atoms with E-state index in [-0.39, 0.29) is 0 Å². The summed E-state index contributed by atoms with van der Waals surface area (Å²) in [6.45, 7) is 2.04. The molecule has 0 unspecified atom stereocenters. The summed E-state index contributed by atoms with van der Waals surface area (Å²) in [5.41, 5.74) is 3.10. The van der Waals surface area contributed by atoms with Crippen LogP contribution in [0, 0.1) is 6.92 Å². The van der Waals surface area contributed by atoms with Gasteiger partial charge in [0.2, 0.25) is 0 Å². The minimum absolute atomic E-state index is 0.405. The molecule has 0 saturated heterocycles. The van der Waals surface area contributed by atoms with Gasteiger partial charge in [-0.15, -0.1) is 11.3 Å². The topological polar surface area (TPSA) is 41.9 Å². The molecule has 0 fully saturated rings. The molecule has 0 bridgehead atoms. The second kappa shape index (κ2) is 5.77. The Morgan fingerprint density at radius 1 is 1.23 bits per heavy atom. The molecule has 1 aromatic heterocycles. The number of carbonyl (C=O) groups is 1. The summed E-state index contributed by atoms with van der Waals surface area (Å²) in [5.74, 6) is -0.405. The number of hydrogen-bond acceptors (Lipinski definition) is 5. The fourth-order valence-corrected chi connectivity index (χ4v) is 3.23. The van der Waals surface area contributed by atoms with E-state index in [9.17, 15) is 4.79 Å². The van der Waals surface area contributed by atoms with Gasteiger partial charge in [-0.25, -0.2) is 4.79 Å². The molecule has 22 heavy (non-hydrogen) atoms. The van der Waals surface area contributed by atoms with E-state index < -0.39 is 5.97 Å². The number of oxime groups is 1. The van der Waals surface area contributed by atoms with E-state index in [1.807, 2.05) is 57.4 Å². The molecule has 0 N–H and O–H groups in total. The fraction of sp³-hybridized carbons (Fsp3) is 0.176. The molecule has 0 saturated carbocycles. The van der Waals surface area contributed by atoms with Crippen LogP contribution in [0.3, 0.4) is 0 Å². The molecule has 0 atom stereocenters. The number of aryl methyl sites for hydroxylation is 1. The van der Waals surface area contributed by atoms with Gasteiger partial charge in [0.15, 0.2) is 0 Å². The first-order chi connectivity index (χ1) is 10.6. The number of thiophene rings is 1. The number of carbonyl (C=O) groups excluding carboxylic acids is 1. The molecule has 3 rings (SSSR count). The number of nitrogens with zero attached hydrogens (tertiary/aromatic N) is 2. The van der Waals surface area contributed by atoms with Crippen molar-refractivity contribution in [3.8, 4) is 0 Å². The van der Waals surface area contributed by atoms with Crippen molar-refractivity contribution < 1.29 is 9.63 Å². The van der Waals surface area contributed by atoms with Gasteiger partial charge in [-0.3, -0.25) is 0 Å². The third-order valence-electron chi connectivity index (χ3n) is 3.40. The zero-order valence-corrected chi connectivity index (χ0v) is 13.5. The summed E-state index contributed by atoms with van der Waals surface area (Å²) >= 11 is 1.64. The predicted octanol–water partition coefficient (Wildman–Crippen LogP) is 3.47. The molecule has 2 heterocycles. The third-order valence-corrected chi connectivity index (χ3v) is 4.75. The molecule has 5 heteroatoms. The van der Waals surface area contributed by atoms with Crippen molar-refractivity contribution in [3.63, 3.8) is 0 Å². The van der Waals surface area contributed by atoms with E-state index in [1.54, 1.807) is 11.3 Å². The molecular weight excluding hydrogens is 296 g/mol. The summed E-state index contributed by atoms with van der Waals surface area (Å²) in [4.78, 5) is 20.0. The molecular formula is C17H16N2O2S. The van der Waals surface area contributed by atoms with Gasteiger partial charge in [-0.05, 0) is 24.6 Å². The van der Waals surface area contributed by atoms with Gasteiger partial charge in [0.1, 0.15) is 5.71 Å². The summed E-state index contributed by atoms with van der Waals surface area (Å²) in [6, 6.07) is 11.7. The summed E-state index contributed by atoms with van der Waals surface area (Å²) in [7, 11) is 4.01. The van der Waals surface area contributed by atoms with Crippen molar-refractivity contribution in [1.29, 1.82) is 0 Å². The first kappa shape index (κ1) is 14.5. The summed E-state index contributed by atoms with van der Waals surface area (Å²) in [6.07, 6.45) is 1.87. The smallest absolute Gasteiger partial charge is 0.368 e. The van der Waals surface area contributed by atoms with Crippen LogP contribution in [0.25, 0.3) is 6.08 Å². The number of benzene rings is 1. The quantitative estimate of drug-likeness (QED) is 0.644. The number of hydrogen-bond donors (Lipinski definition) is 0. The molecule has 0 spiro atoms. The van der Waals surface area contributed by atoms with Crippen molar-refractivity contribution in [2.75, 3.05) is 19.0 Å². The zero-order valence-electron chi connectivity index (χ0n) is 12.7. The van der Waals surface area contributed by atoms with E-state index in [0.717, 1.165) is 21.0 Å². The SMILES string of the molecule is Cc1cc(N(C)C)sc1/C=C1/C(=O)ON=C1c1ccccc1. The zero-order chi connectivity index (χ0) is 15.7. The third kappa shape index (κ3) is 2.67. The van der Waals surface area contributed by atoms with Crippen LogP contribution in [0.15, 0.2) is 47.1 Å². The van der Waals surface area contributed by atoms with Crippen molar-refractivity contribution in [3.05, 3.63) is 58.0 Å². The molecule has 1 aromatic carbocycles. The lowest BCUT2D eigenvalue weighted by atomic mass is 10.0. The highest BCUT2D eigenvalue weighted by atomic mass is 32.1. The van der Waals surface area contributed by atoms with Crippen LogP contribution in [0.4, 0.5) is 5.00 Å². The molecule has 1 aliphatic heterocycles. The molecule has 4 nitrogen and oxygen atoms in total. The highest BCUT2D eigenvalue weighted by molar-refractivity contribution is 7.17. The van der Waals surface area contributed by atoms with Crippen LogP contribution in [0.1, 0.15) is 16.0 Å². The average Bonchev–Trinajstić information content (AvgIpc) is 3.05. The lowest BCUT2D eigenvalue weighted by molar-refractivity contribution is -0.136. The molecule has 0 amide bonds. The largest absolute Gasteiger partial charge is 0.370 e. The van der Waals surface area contributed by atoms with Gasteiger partial charge in [-0.1, -0.05) is 35.5 Å². The van der Waals surface area contributed by atoms with E-state index in [1.165, 1.54) is 0 Å². The van der Waals surface area contributed by atoms with E-state index in [2.05, 4.69) is 16.1 Å². The number of rotatable bonds is 3. The molecule has 1 aliphatic rings. The van der Waals surface area contributed by atoms with Gasteiger partial charge in [0.05, 0.1) is 10.6 Å². The minimum atomic E-state index is -0.405. The lowest BCUT2D eigenvalue weighted by Crippen LogP contribution is -2.06. The Balaban J connectivity index is 2.02. The first-order valence-electron chi connectivity index (χ1n) is 6.91.